The van der Waals surface area contributed by atoms with Gasteiger partial charge in [0.25, 0.3) is 0 Å². The summed E-state index contributed by atoms with van der Waals surface area (Å²) in [6.07, 6.45) is 2.95. The molecule has 6 nitrogen and oxygen atoms in total. The highest BCUT2D eigenvalue weighted by molar-refractivity contribution is 5.87. The molecule has 0 atom stereocenters. The largest absolute Gasteiger partial charge is 0.461 e. The standard InChI is InChI=1S/C12H19N3O3/c1-4-18-12(17)10-6-15(8-14-10)7-11(16)13-5-9(2)3/h6,8-9H,4-5,7H2,1-3H3,(H,13,16). The zero-order chi connectivity index (χ0) is 13.5. The van der Waals surface area contributed by atoms with Crippen LogP contribution >= 0.6 is 0 Å². The van der Waals surface area contributed by atoms with Crippen molar-refractivity contribution in [2.24, 2.45) is 5.92 Å². The first-order chi connectivity index (χ1) is 8.52. The number of nitrogens with zero attached hydrogens (tertiary/aromatic N) is 2. The van der Waals surface area contributed by atoms with Gasteiger partial charge >= 0.3 is 5.97 Å². The number of hydrogen-bond donors (Lipinski definition) is 1. The van der Waals surface area contributed by atoms with E-state index in [1.54, 1.807) is 11.5 Å². The van der Waals surface area contributed by atoms with Gasteiger partial charge in [-0.05, 0) is 12.8 Å². The van der Waals surface area contributed by atoms with E-state index < -0.39 is 5.97 Å². The minimum absolute atomic E-state index is 0.100. The summed E-state index contributed by atoms with van der Waals surface area (Å²) in [5.74, 6) is -0.165. The summed E-state index contributed by atoms with van der Waals surface area (Å²) in [4.78, 5) is 26.8. The molecule has 6 heteroatoms. The van der Waals surface area contributed by atoms with Crippen molar-refractivity contribution in [2.45, 2.75) is 27.3 Å². The SMILES string of the molecule is CCOC(=O)c1cn(CC(=O)NCC(C)C)cn1. The summed E-state index contributed by atoms with van der Waals surface area (Å²) in [5.41, 5.74) is 0.216. The van der Waals surface area contributed by atoms with E-state index >= 15 is 0 Å². The first kappa shape index (κ1) is 14.2. The second-order valence-electron chi connectivity index (χ2n) is 4.35. The number of carbonyl (C=O) groups is 2. The van der Waals surface area contributed by atoms with E-state index in [4.69, 9.17) is 4.74 Å². The Morgan fingerprint density at radius 3 is 2.83 bits per heavy atom. The van der Waals surface area contributed by atoms with Crippen LogP contribution in [0.15, 0.2) is 12.5 Å². The fourth-order valence-corrected chi connectivity index (χ4v) is 1.30. The van der Waals surface area contributed by atoms with E-state index in [0.717, 1.165) is 0 Å². The summed E-state index contributed by atoms with van der Waals surface area (Å²) in [6.45, 7) is 6.87. The third-order valence-electron chi connectivity index (χ3n) is 2.15. The minimum atomic E-state index is -0.473. The molecule has 0 bridgehead atoms. The Morgan fingerprint density at radius 2 is 2.22 bits per heavy atom. The average Bonchev–Trinajstić information content (AvgIpc) is 2.75. The van der Waals surface area contributed by atoms with Gasteiger partial charge in [-0.15, -0.1) is 0 Å². The van der Waals surface area contributed by atoms with Crippen LogP contribution in [0.25, 0.3) is 0 Å². The number of rotatable bonds is 6. The number of esters is 1. The van der Waals surface area contributed by atoms with Gasteiger partial charge in [-0.1, -0.05) is 13.8 Å². The lowest BCUT2D eigenvalue weighted by Crippen LogP contribution is -2.30. The van der Waals surface area contributed by atoms with E-state index in [1.807, 2.05) is 13.8 Å². The molecule has 0 spiro atoms. The normalized spacial score (nSPS) is 10.4. The topological polar surface area (TPSA) is 73.2 Å². The van der Waals surface area contributed by atoms with Gasteiger partial charge in [0.2, 0.25) is 5.91 Å². The molecule has 0 aliphatic carbocycles. The lowest BCUT2D eigenvalue weighted by molar-refractivity contribution is -0.121. The fraction of sp³-hybridized carbons (Fsp3) is 0.583. The molecule has 0 aromatic carbocycles. The number of ether oxygens (including phenoxy) is 1. The summed E-state index contributed by atoms with van der Waals surface area (Å²) >= 11 is 0. The molecule has 18 heavy (non-hydrogen) atoms. The number of imidazole rings is 1. The molecular formula is C12H19N3O3. The van der Waals surface area contributed by atoms with Gasteiger partial charge in [0, 0.05) is 12.7 Å². The van der Waals surface area contributed by atoms with Gasteiger partial charge in [0.1, 0.15) is 6.54 Å². The van der Waals surface area contributed by atoms with Crippen LogP contribution in [-0.2, 0) is 16.1 Å². The van der Waals surface area contributed by atoms with Crippen LogP contribution in [0, 0.1) is 5.92 Å². The number of amides is 1. The Hall–Kier alpha value is -1.85. The lowest BCUT2D eigenvalue weighted by atomic mass is 10.2. The Kier molecular flexibility index (Phi) is 5.35. The summed E-state index contributed by atoms with van der Waals surface area (Å²) in [6, 6.07) is 0. The van der Waals surface area contributed by atoms with Crippen molar-refractivity contribution in [1.29, 1.82) is 0 Å². The van der Waals surface area contributed by atoms with Crippen LogP contribution in [-0.4, -0.2) is 34.6 Å². The molecular weight excluding hydrogens is 234 g/mol. The minimum Gasteiger partial charge on any atom is -0.461 e. The van der Waals surface area contributed by atoms with E-state index in [9.17, 15) is 9.59 Å². The van der Waals surface area contributed by atoms with Crippen LogP contribution in [0.2, 0.25) is 0 Å². The first-order valence-electron chi connectivity index (χ1n) is 5.98. The van der Waals surface area contributed by atoms with Gasteiger partial charge in [0.15, 0.2) is 5.69 Å². The van der Waals surface area contributed by atoms with Crippen molar-refractivity contribution in [3.05, 3.63) is 18.2 Å². The van der Waals surface area contributed by atoms with Gasteiger partial charge in [-0.3, -0.25) is 4.79 Å². The highest BCUT2D eigenvalue weighted by Gasteiger charge is 2.11. The molecule has 1 aromatic heterocycles. The maximum atomic E-state index is 11.5. The molecule has 1 aromatic rings. The molecule has 0 radical (unpaired) electrons. The summed E-state index contributed by atoms with van der Waals surface area (Å²) in [7, 11) is 0. The summed E-state index contributed by atoms with van der Waals surface area (Å²) in [5, 5.41) is 2.79. The Bertz CT molecular complexity index is 412. The van der Waals surface area contributed by atoms with Crippen LogP contribution in [0.1, 0.15) is 31.3 Å². The van der Waals surface area contributed by atoms with Crippen molar-refractivity contribution in [3.8, 4) is 0 Å². The van der Waals surface area contributed by atoms with Crippen LogP contribution in [0.5, 0.6) is 0 Å². The van der Waals surface area contributed by atoms with Gasteiger partial charge < -0.3 is 14.6 Å². The molecule has 1 rings (SSSR count). The van der Waals surface area contributed by atoms with E-state index in [2.05, 4.69) is 10.3 Å². The molecule has 1 heterocycles. The highest BCUT2D eigenvalue weighted by Crippen LogP contribution is 1.99. The molecule has 0 fully saturated rings. The Morgan fingerprint density at radius 1 is 1.50 bits per heavy atom. The van der Waals surface area contributed by atoms with Crippen molar-refractivity contribution in [2.75, 3.05) is 13.2 Å². The monoisotopic (exact) mass is 253 g/mol. The van der Waals surface area contributed by atoms with E-state index in [0.29, 0.717) is 19.1 Å². The lowest BCUT2D eigenvalue weighted by Gasteiger charge is -2.07. The number of hydrogen-bond acceptors (Lipinski definition) is 4. The van der Waals surface area contributed by atoms with Crippen molar-refractivity contribution < 1.29 is 14.3 Å². The fourth-order valence-electron chi connectivity index (χ4n) is 1.30. The number of carbonyl (C=O) groups excluding carboxylic acids is 2. The van der Waals surface area contributed by atoms with E-state index in [-0.39, 0.29) is 18.1 Å². The molecule has 1 amide bonds. The van der Waals surface area contributed by atoms with Crippen molar-refractivity contribution in [1.82, 2.24) is 14.9 Å². The third kappa shape index (κ3) is 4.57. The van der Waals surface area contributed by atoms with Gasteiger partial charge in [-0.2, -0.15) is 0 Å². The smallest absolute Gasteiger partial charge is 0.358 e. The highest BCUT2D eigenvalue weighted by atomic mass is 16.5. The molecule has 0 aliphatic heterocycles. The van der Waals surface area contributed by atoms with Gasteiger partial charge in [-0.25, -0.2) is 9.78 Å². The van der Waals surface area contributed by atoms with Gasteiger partial charge in [0.05, 0.1) is 12.9 Å². The maximum absolute atomic E-state index is 11.5. The molecule has 0 aliphatic rings. The van der Waals surface area contributed by atoms with E-state index in [1.165, 1.54) is 12.5 Å². The quantitative estimate of drug-likeness (QED) is 0.762. The zero-order valence-electron chi connectivity index (χ0n) is 11.0. The predicted octanol–water partition coefficient (Wildman–Crippen LogP) is 0.832. The molecule has 1 N–H and O–H groups in total. The van der Waals surface area contributed by atoms with Crippen LogP contribution in [0.3, 0.4) is 0 Å². The maximum Gasteiger partial charge on any atom is 0.358 e. The number of aromatic nitrogens is 2. The third-order valence-corrected chi connectivity index (χ3v) is 2.15. The Balaban J connectivity index is 2.48. The second-order valence-corrected chi connectivity index (χ2v) is 4.35. The second kappa shape index (κ2) is 6.78. The van der Waals surface area contributed by atoms with Crippen LogP contribution < -0.4 is 5.32 Å². The summed E-state index contributed by atoms with van der Waals surface area (Å²) < 4.78 is 6.37. The molecule has 0 saturated carbocycles. The van der Waals surface area contributed by atoms with Crippen LogP contribution in [0.4, 0.5) is 0 Å². The van der Waals surface area contributed by atoms with Crippen molar-refractivity contribution >= 4 is 11.9 Å². The zero-order valence-corrected chi connectivity index (χ0v) is 11.0. The first-order valence-corrected chi connectivity index (χ1v) is 5.98. The van der Waals surface area contributed by atoms with Crippen molar-refractivity contribution in [3.63, 3.8) is 0 Å². The number of nitrogens with one attached hydrogen (secondary N) is 1. The Labute approximate surface area is 106 Å². The predicted molar refractivity (Wildman–Crippen MR) is 66.0 cm³/mol. The molecule has 0 saturated heterocycles. The molecule has 0 unspecified atom stereocenters. The molecule has 100 valence electrons. The average molecular weight is 253 g/mol.